The maximum Gasteiger partial charge on any atom is 0.316 e. The molecular formula is C14H24O3. The Morgan fingerprint density at radius 1 is 1.35 bits per heavy atom. The van der Waals surface area contributed by atoms with Gasteiger partial charge in [-0.3, -0.25) is 9.59 Å². The first-order chi connectivity index (χ1) is 8.11. The second-order valence-electron chi connectivity index (χ2n) is 5.11. The fourth-order valence-corrected chi connectivity index (χ4v) is 3.21. The van der Waals surface area contributed by atoms with E-state index in [9.17, 15) is 9.59 Å². The lowest BCUT2D eigenvalue weighted by molar-refractivity contribution is -0.155. The Bertz CT molecular complexity index is 272. The highest BCUT2D eigenvalue weighted by atomic mass is 16.5. The van der Waals surface area contributed by atoms with Gasteiger partial charge in [0.2, 0.25) is 0 Å². The van der Waals surface area contributed by atoms with E-state index in [-0.39, 0.29) is 17.2 Å². The molecular weight excluding hydrogens is 216 g/mol. The van der Waals surface area contributed by atoms with Crippen LogP contribution in [0.5, 0.6) is 0 Å². The molecule has 98 valence electrons. The average Bonchev–Trinajstić information content (AvgIpc) is 2.32. The molecule has 3 heteroatoms. The van der Waals surface area contributed by atoms with Crippen LogP contribution in [-0.4, -0.2) is 18.9 Å². The Labute approximate surface area is 104 Å². The van der Waals surface area contributed by atoms with Gasteiger partial charge in [-0.05, 0) is 25.7 Å². The number of rotatable bonds is 5. The summed E-state index contributed by atoms with van der Waals surface area (Å²) in [4.78, 5) is 24.2. The van der Waals surface area contributed by atoms with E-state index in [4.69, 9.17) is 4.74 Å². The van der Waals surface area contributed by atoms with Crippen molar-refractivity contribution in [2.45, 2.75) is 58.8 Å². The van der Waals surface area contributed by atoms with Crippen molar-refractivity contribution >= 4 is 11.8 Å². The second-order valence-corrected chi connectivity index (χ2v) is 5.11. The first-order valence-electron chi connectivity index (χ1n) is 6.73. The van der Waals surface area contributed by atoms with Crippen molar-refractivity contribution in [3.8, 4) is 0 Å². The number of methoxy groups -OCH3 is 1. The summed E-state index contributed by atoms with van der Waals surface area (Å²) in [5.41, 5.74) is -0.249. The minimum Gasteiger partial charge on any atom is -0.468 e. The van der Waals surface area contributed by atoms with E-state index in [2.05, 4.69) is 13.8 Å². The maximum absolute atomic E-state index is 12.5. The number of esters is 1. The Balaban J connectivity index is 2.89. The van der Waals surface area contributed by atoms with Crippen LogP contribution < -0.4 is 0 Å². The van der Waals surface area contributed by atoms with Crippen LogP contribution in [0.2, 0.25) is 0 Å². The zero-order chi connectivity index (χ0) is 12.9. The van der Waals surface area contributed by atoms with Gasteiger partial charge in [-0.2, -0.15) is 0 Å². The molecule has 1 aliphatic carbocycles. The zero-order valence-corrected chi connectivity index (χ0v) is 11.3. The van der Waals surface area contributed by atoms with E-state index >= 15 is 0 Å². The average molecular weight is 240 g/mol. The van der Waals surface area contributed by atoms with Crippen molar-refractivity contribution in [2.75, 3.05) is 7.11 Å². The highest BCUT2D eigenvalue weighted by Gasteiger charge is 2.46. The fraction of sp³-hybridized carbons (Fsp3) is 0.857. The molecule has 3 nitrogen and oxygen atoms in total. The quantitative estimate of drug-likeness (QED) is 0.548. The third-order valence-corrected chi connectivity index (χ3v) is 3.93. The third-order valence-electron chi connectivity index (χ3n) is 3.93. The summed E-state index contributed by atoms with van der Waals surface area (Å²) in [6.07, 6.45) is 6.40. The van der Waals surface area contributed by atoms with E-state index in [0.29, 0.717) is 6.42 Å². The van der Waals surface area contributed by atoms with Gasteiger partial charge in [0.05, 0.1) is 7.11 Å². The van der Waals surface area contributed by atoms with Crippen LogP contribution in [0.15, 0.2) is 0 Å². The van der Waals surface area contributed by atoms with Gasteiger partial charge in [-0.1, -0.05) is 33.1 Å². The van der Waals surface area contributed by atoms with Crippen molar-refractivity contribution < 1.29 is 14.3 Å². The maximum atomic E-state index is 12.5. The zero-order valence-electron chi connectivity index (χ0n) is 11.3. The number of ether oxygens (including phenoxy) is 1. The van der Waals surface area contributed by atoms with Crippen molar-refractivity contribution in [2.24, 2.45) is 11.3 Å². The molecule has 0 aromatic heterocycles. The monoisotopic (exact) mass is 240 g/mol. The normalized spacial score (nSPS) is 23.5. The predicted molar refractivity (Wildman–Crippen MR) is 66.6 cm³/mol. The molecule has 0 spiro atoms. The number of Topliss-reactive ketones (excluding diaryl/α,β-unsaturated/α-hetero) is 1. The van der Waals surface area contributed by atoms with Gasteiger partial charge >= 0.3 is 5.97 Å². The van der Waals surface area contributed by atoms with Crippen molar-refractivity contribution in [3.05, 3.63) is 0 Å². The topological polar surface area (TPSA) is 43.4 Å². The van der Waals surface area contributed by atoms with Crippen LogP contribution in [0.4, 0.5) is 0 Å². The Kier molecular flexibility index (Phi) is 5.16. The summed E-state index contributed by atoms with van der Waals surface area (Å²) in [5, 5.41) is 0. The molecule has 0 saturated heterocycles. The molecule has 0 aliphatic heterocycles. The van der Waals surface area contributed by atoms with Crippen LogP contribution in [0.25, 0.3) is 0 Å². The van der Waals surface area contributed by atoms with E-state index in [0.717, 1.165) is 38.5 Å². The lowest BCUT2D eigenvalue weighted by Gasteiger charge is -2.38. The van der Waals surface area contributed by atoms with Gasteiger partial charge in [0.15, 0.2) is 5.78 Å². The predicted octanol–water partition coefficient (Wildman–Crippen LogP) is 3.12. The molecule has 0 unspecified atom stereocenters. The Morgan fingerprint density at radius 3 is 2.41 bits per heavy atom. The minimum absolute atomic E-state index is 0.138. The molecule has 1 aliphatic rings. The molecule has 0 radical (unpaired) electrons. The molecule has 0 amide bonds. The van der Waals surface area contributed by atoms with Gasteiger partial charge < -0.3 is 4.74 Å². The van der Waals surface area contributed by atoms with E-state index < -0.39 is 5.92 Å². The van der Waals surface area contributed by atoms with Gasteiger partial charge in [0.25, 0.3) is 0 Å². The van der Waals surface area contributed by atoms with Crippen molar-refractivity contribution in [1.29, 1.82) is 0 Å². The summed E-state index contributed by atoms with van der Waals surface area (Å²) in [7, 11) is 1.37. The smallest absolute Gasteiger partial charge is 0.316 e. The number of ketones is 1. The lowest BCUT2D eigenvalue weighted by Crippen LogP contribution is -2.43. The third kappa shape index (κ3) is 2.88. The highest BCUT2D eigenvalue weighted by Crippen LogP contribution is 2.43. The van der Waals surface area contributed by atoms with E-state index in [1.807, 2.05) is 0 Å². The van der Waals surface area contributed by atoms with Gasteiger partial charge in [-0.15, -0.1) is 0 Å². The summed E-state index contributed by atoms with van der Waals surface area (Å²) >= 11 is 0. The molecule has 1 saturated carbocycles. The SMILES string of the molecule is CCCC1(CCC)CCC[C@H](C(=O)OC)C1=O. The van der Waals surface area contributed by atoms with Crippen LogP contribution >= 0.6 is 0 Å². The van der Waals surface area contributed by atoms with Gasteiger partial charge in [0.1, 0.15) is 5.92 Å². The molecule has 0 aromatic carbocycles. The first kappa shape index (κ1) is 14.2. The largest absolute Gasteiger partial charge is 0.468 e. The molecule has 0 N–H and O–H groups in total. The summed E-state index contributed by atoms with van der Waals surface area (Å²) in [6.45, 7) is 4.21. The van der Waals surface area contributed by atoms with Crippen LogP contribution in [0, 0.1) is 11.3 Å². The van der Waals surface area contributed by atoms with E-state index in [1.165, 1.54) is 7.11 Å². The summed E-state index contributed by atoms with van der Waals surface area (Å²) in [5.74, 6) is -0.711. The van der Waals surface area contributed by atoms with Crippen LogP contribution in [0.1, 0.15) is 58.8 Å². The standard InChI is InChI=1S/C14H24O3/c1-4-8-14(9-5-2)10-6-7-11(12(14)15)13(16)17-3/h11H,4-10H2,1-3H3/t11-/m0/s1. The number of carbonyl (C=O) groups excluding carboxylic acids is 2. The second kappa shape index (κ2) is 6.18. The summed E-state index contributed by atoms with van der Waals surface area (Å²) < 4.78 is 4.75. The number of carbonyl (C=O) groups is 2. The van der Waals surface area contributed by atoms with Crippen LogP contribution in [0.3, 0.4) is 0 Å². The number of hydrogen-bond acceptors (Lipinski definition) is 3. The Hall–Kier alpha value is -0.860. The van der Waals surface area contributed by atoms with Crippen LogP contribution in [-0.2, 0) is 14.3 Å². The number of hydrogen-bond donors (Lipinski definition) is 0. The summed E-state index contributed by atoms with van der Waals surface area (Å²) in [6, 6.07) is 0. The highest BCUT2D eigenvalue weighted by molar-refractivity contribution is 6.02. The molecule has 17 heavy (non-hydrogen) atoms. The molecule has 0 aromatic rings. The Morgan fingerprint density at radius 2 is 1.94 bits per heavy atom. The van der Waals surface area contributed by atoms with Crippen molar-refractivity contribution in [3.63, 3.8) is 0 Å². The fourth-order valence-electron chi connectivity index (χ4n) is 3.21. The molecule has 1 rings (SSSR count). The molecule has 0 heterocycles. The molecule has 0 bridgehead atoms. The van der Waals surface area contributed by atoms with Crippen molar-refractivity contribution in [1.82, 2.24) is 0 Å². The van der Waals surface area contributed by atoms with Gasteiger partial charge in [-0.25, -0.2) is 0 Å². The van der Waals surface area contributed by atoms with Gasteiger partial charge in [0, 0.05) is 5.41 Å². The lowest BCUT2D eigenvalue weighted by atomic mass is 9.64. The molecule has 1 atom stereocenters. The minimum atomic E-state index is -0.508. The first-order valence-corrected chi connectivity index (χ1v) is 6.73. The molecule has 1 fully saturated rings. The van der Waals surface area contributed by atoms with E-state index in [1.54, 1.807) is 0 Å².